The minimum Gasteiger partial charge on any atom is -0.494 e. The van der Waals surface area contributed by atoms with Crippen molar-refractivity contribution in [3.63, 3.8) is 0 Å². The van der Waals surface area contributed by atoms with Crippen molar-refractivity contribution in [2.75, 3.05) is 7.11 Å². The highest BCUT2D eigenvalue weighted by Gasteiger charge is 2.32. The molecular weight excluding hydrogens is 258 g/mol. The Morgan fingerprint density at radius 1 is 0.900 bits per heavy atom. The largest absolute Gasteiger partial charge is 0.494 e. The van der Waals surface area contributed by atoms with Crippen LogP contribution in [0.5, 0.6) is 5.75 Å². The van der Waals surface area contributed by atoms with Crippen LogP contribution in [0.4, 0.5) is 8.78 Å². The molecule has 1 aromatic rings. The quantitative estimate of drug-likeness (QED) is 0.753. The summed E-state index contributed by atoms with van der Waals surface area (Å²) >= 11 is 0. The third-order valence-corrected chi connectivity index (χ3v) is 5.32. The molecule has 3 rings (SSSR count). The molecule has 0 saturated heterocycles. The molecule has 3 heteroatoms. The first kappa shape index (κ1) is 13.8. The van der Waals surface area contributed by atoms with Crippen LogP contribution in [0.2, 0.25) is 0 Å². The van der Waals surface area contributed by atoms with E-state index in [0.29, 0.717) is 5.56 Å². The van der Waals surface area contributed by atoms with Gasteiger partial charge in [0.15, 0.2) is 11.6 Å². The molecule has 2 fully saturated rings. The predicted octanol–water partition coefficient (Wildman–Crippen LogP) is 5.05. The molecule has 2 saturated carbocycles. The van der Waals surface area contributed by atoms with Gasteiger partial charge in [0.1, 0.15) is 0 Å². The monoisotopic (exact) mass is 280 g/mol. The van der Waals surface area contributed by atoms with Crippen molar-refractivity contribution in [1.82, 2.24) is 0 Å². The van der Waals surface area contributed by atoms with Gasteiger partial charge < -0.3 is 4.74 Å². The number of benzene rings is 1. The summed E-state index contributed by atoms with van der Waals surface area (Å²) in [7, 11) is 1.36. The number of hydrogen-bond acceptors (Lipinski definition) is 1. The van der Waals surface area contributed by atoms with Crippen molar-refractivity contribution >= 4 is 0 Å². The lowest BCUT2D eigenvalue weighted by Crippen LogP contribution is -2.26. The molecule has 0 bridgehead atoms. The minimum absolute atomic E-state index is 0.00518. The van der Waals surface area contributed by atoms with E-state index in [2.05, 4.69) is 0 Å². The highest BCUT2D eigenvalue weighted by Crippen LogP contribution is 2.45. The number of rotatable bonds is 3. The topological polar surface area (TPSA) is 9.23 Å². The average molecular weight is 280 g/mol. The summed E-state index contributed by atoms with van der Waals surface area (Å²) in [5, 5.41) is 0. The highest BCUT2D eigenvalue weighted by atomic mass is 19.2. The van der Waals surface area contributed by atoms with Crippen molar-refractivity contribution in [3.8, 4) is 5.75 Å². The van der Waals surface area contributed by atoms with E-state index in [1.165, 1.54) is 39.2 Å². The van der Waals surface area contributed by atoms with Crippen LogP contribution in [0.1, 0.15) is 56.4 Å². The van der Waals surface area contributed by atoms with Gasteiger partial charge in [0.25, 0.3) is 0 Å². The summed E-state index contributed by atoms with van der Waals surface area (Å²) in [5.41, 5.74) is 0.537. The van der Waals surface area contributed by atoms with Crippen LogP contribution in [-0.4, -0.2) is 7.11 Å². The lowest BCUT2D eigenvalue weighted by atomic mass is 9.67. The Morgan fingerprint density at radius 2 is 1.55 bits per heavy atom. The van der Waals surface area contributed by atoms with Gasteiger partial charge >= 0.3 is 0 Å². The lowest BCUT2D eigenvalue weighted by molar-refractivity contribution is 0.153. The molecule has 0 heterocycles. The fourth-order valence-corrected chi connectivity index (χ4v) is 3.83. The Bertz CT molecular complexity index is 474. The van der Waals surface area contributed by atoms with Gasteiger partial charge in [0, 0.05) is 0 Å². The van der Waals surface area contributed by atoms with E-state index in [1.54, 1.807) is 12.1 Å². The first-order valence-corrected chi connectivity index (χ1v) is 7.72. The van der Waals surface area contributed by atoms with E-state index in [4.69, 9.17) is 4.74 Å². The molecule has 0 aromatic heterocycles. The van der Waals surface area contributed by atoms with E-state index in [-0.39, 0.29) is 11.7 Å². The maximum atomic E-state index is 14.1. The SMILES string of the molecule is COc1ccc(C2CCC(C3CCC3)CC2)c(F)c1F. The summed E-state index contributed by atoms with van der Waals surface area (Å²) in [6.07, 6.45) is 8.45. The number of methoxy groups -OCH3 is 1. The van der Waals surface area contributed by atoms with Gasteiger partial charge in [0.2, 0.25) is 5.82 Å². The molecule has 20 heavy (non-hydrogen) atoms. The Morgan fingerprint density at radius 3 is 2.10 bits per heavy atom. The average Bonchev–Trinajstić information content (AvgIpc) is 2.41. The second kappa shape index (κ2) is 5.71. The fraction of sp³-hybridized carbons (Fsp3) is 0.647. The zero-order chi connectivity index (χ0) is 14.1. The summed E-state index contributed by atoms with van der Waals surface area (Å²) in [5.74, 6) is 0.350. The van der Waals surface area contributed by atoms with Crippen molar-refractivity contribution in [1.29, 1.82) is 0 Å². The van der Waals surface area contributed by atoms with Gasteiger partial charge in [-0.3, -0.25) is 0 Å². The Labute approximate surface area is 119 Å². The molecule has 0 atom stereocenters. The lowest BCUT2D eigenvalue weighted by Gasteiger charge is -2.38. The van der Waals surface area contributed by atoms with Crippen molar-refractivity contribution < 1.29 is 13.5 Å². The Kier molecular flexibility index (Phi) is 3.95. The van der Waals surface area contributed by atoms with Crippen LogP contribution in [0.15, 0.2) is 12.1 Å². The number of halogens is 2. The van der Waals surface area contributed by atoms with Crippen LogP contribution in [0, 0.1) is 23.5 Å². The zero-order valence-corrected chi connectivity index (χ0v) is 12.0. The second-order valence-corrected chi connectivity index (χ2v) is 6.29. The normalized spacial score (nSPS) is 27.1. The highest BCUT2D eigenvalue weighted by molar-refractivity contribution is 5.33. The molecule has 0 spiro atoms. The molecule has 1 nitrogen and oxygen atoms in total. The van der Waals surface area contributed by atoms with Crippen LogP contribution in [0.3, 0.4) is 0 Å². The molecule has 0 N–H and O–H groups in total. The molecule has 2 aliphatic carbocycles. The summed E-state index contributed by atoms with van der Waals surface area (Å²) in [6, 6.07) is 3.25. The van der Waals surface area contributed by atoms with E-state index in [9.17, 15) is 8.78 Å². The molecule has 110 valence electrons. The van der Waals surface area contributed by atoms with E-state index >= 15 is 0 Å². The molecule has 0 aliphatic heterocycles. The fourth-order valence-electron chi connectivity index (χ4n) is 3.83. The zero-order valence-electron chi connectivity index (χ0n) is 12.0. The summed E-state index contributed by atoms with van der Waals surface area (Å²) in [4.78, 5) is 0. The van der Waals surface area contributed by atoms with Crippen LogP contribution < -0.4 is 4.74 Å². The first-order chi connectivity index (χ1) is 9.70. The molecule has 0 amide bonds. The molecule has 0 unspecified atom stereocenters. The molecular formula is C17H22F2O. The second-order valence-electron chi connectivity index (χ2n) is 6.29. The Balaban J connectivity index is 1.70. The maximum absolute atomic E-state index is 14.1. The number of ether oxygens (including phenoxy) is 1. The van der Waals surface area contributed by atoms with Gasteiger partial charge in [-0.2, -0.15) is 4.39 Å². The number of hydrogen-bond donors (Lipinski definition) is 0. The molecule has 1 aromatic carbocycles. The van der Waals surface area contributed by atoms with Gasteiger partial charge in [0.05, 0.1) is 7.11 Å². The van der Waals surface area contributed by atoms with Crippen LogP contribution >= 0.6 is 0 Å². The third-order valence-electron chi connectivity index (χ3n) is 5.32. The van der Waals surface area contributed by atoms with Gasteiger partial charge in [-0.05, 0) is 55.1 Å². The predicted molar refractivity (Wildman–Crippen MR) is 75.0 cm³/mol. The van der Waals surface area contributed by atoms with E-state index in [1.807, 2.05) is 0 Å². The van der Waals surface area contributed by atoms with E-state index in [0.717, 1.165) is 24.7 Å². The van der Waals surface area contributed by atoms with Crippen LogP contribution in [-0.2, 0) is 0 Å². The van der Waals surface area contributed by atoms with E-state index < -0.39 is 11.6 Å². The van der Waals surface area contributed by atoms with Crippen molar-refractivity contribution in [2.24, 2.45) is 11.8 Å². The standard InChI is InChI=1S/C17H22F2O/c1-20-15-10-9-14(16(18)17(15)19)13-7-5-12(6-8-13)11-3-2-4-11/h9-13H,2-8H2,1H3. The van der Waals surface area contributed by atoms with Gasteiger partial charge in [-0.15, -0.1) is 0 Å². The van der Waals surface area contributed by atoms with Crippen molar-refractivity contribution in [2.45, 2.75) is 50.9 Å². The minimum atomic E-state index is -0.842. The van der Waals surface area contributed by atoms with Crippen molar-refractivity contribution in [3.05, 3.63) is 29.3 Å². The summed E-state index contributed by atoms with van der Waals surface area (Å²) in [6.45, 7) is 0. The third kappa shape index (κ3) is 2.43. The summed E-state index contributed by atoms with van der Waals surface area (Å²) < 4.78 is 32.7. The van der Waals surface area contributed by atoms with Gasteiger partial charge in [-0.25, -0.2) is 4.39 Å². The smallest absolute Gasteiger partial charge is 0.200 e. The molecule has 2 aliphatic rings. The Hall–Kier alpha value is -1.12. The van der Waals surface area contributed by atoms with Crippen LogP contribution in [0.25, 0.3) is 0 Å². The van der Waals surface area contributed by atoms with Gasteiger partial charge in [-0.1, -0.05) is 25.3 Å². The molecule has 0 radical (unpaired) electrons. The maximum Gasteiger partial charge on any atom is 0.200 e. The first-order valence-electron chi connectivity index (χ1n) is 7.72.